The van der Waals surface area contributed by atoms with Crippen LogP contribution in [-0.2, 0) is 4.79 Å². The predicted molar refractivity (Wildman–Crippen MR) is 123 cm³/mol. The van der Waals surface area contributed by atoms with Crippen molar-refractivity contribution in [1.29, 1.82) is 0 Å². The topological polar surface area (TPSA) is 58.2 Å². The second-order valence-electron chi connectivity index (χ2n) is 6.87. The number of thioether (sulfide) groups is 1. The van der Waals surface area contributed by atoms with Crippen molar-refractivity contribution >= 4 is 23.6 Å². The van der Waals surface area contributed by atoms with Crippen molar-refractivity contribution in [1.82, 2.24) is 10.6 Å². The molecule has 154 valence electrons. The fourth-order valence-corrected chi connectivity index (χ4v) is 3.91. The van der Waals surface area contributed by atoms with Crippen LogP contribution in [0, 0.1) is 0 Å². The molecule has 4 nitrogen and oxygen atoms in total. The number of amides is 2. The van der Waals surface area contributed by atoms with Gasteiger partial charge in [0.05, 0.1) is 12.5 Å². The molecule has 0 aromatic heterocycles. The average molecular weight is 419 g/mol. The van der Waals surface area contributed by atoms with Crippen LogP contribution in [0.15, 0.2) is 95.9 Å². The third kappa shape index (κ3) is 7.08. The smallest absolute Gasteiger partial charge is 0.251 e. The van der Waals surface area contributed by atoms with Crippen molar-refractivity contribution in [3.05, 3.63) is 102 Å². The van der Waals surface area contributed by atoms with Crippen LogP contribution >= 0.6 is 11.8 Å². The molecular formula is C25H26N2O2S. The first-order chi connectivity index (χ1) is 14.7. The highest BCUT2D eigenvalue weighted by atomic mass is 32.2. The molecule has 0 aliphatic heterocycles. The molecular weight excluding hydrogens is 392 g/mol. The molecule has 0 saturated heterocycles. The van der Waals surface area contributed by atoms with E-state index in [-0.39, 0.29) is 24.3 Å². The molecule has 1 atom stereocenters. The molecule has 30 heavy (non-hydrogen) atoms. The van der Waals surface area contributed by atoms with Gasteiger partial charge in [-0.3, -0.25) is 9.59 Å². The Morgan fingerprint density at radius 1 is 0.800 bits per heavy atom. The Morgan fingerprint density at radius 3 is 2.07 bits per heavy atom. The summed E-state index contributed by atoms with van der Waals surface area (Å²) in [7, 11) is 0. The van der Waals surface area contributed by atoms with Gasteiger partial charge in [-0.2, -0.15) is 0 Å². The normalized spacial score (nSPS) is 11.5. The number of rotatable bonds is 10. The number of hydrogen-bond donors (Lipinski definition) is 2. The minimum absolute atomic E-state index is 0.0677. The largest absolute Gasteiger partial charge is 0.356 e. The van der Waals surface area contributed by atoms with Crippen molar-refractivity contribution in [2.45, 2.75) is 23.8 Å². The zero-order valence-electron chi connectivity index (χ0n) is 16.8. The van der Waals surface area contributed by atoms with Crippen LogP contribution in [0.5, 0.6) is 0 Å². The van der Waals surface area contributed by atoms with Gasteiger partial charge in [-0.25, -0.2) is 0 Å². The Labute approximate surface area is 182 Å². The van der Waals surface area contributed by atoms with Crippen molar-refractivity contribution in [2.75, 3.05) is 12.3 Å². The van der Waals surface area contributed by atoms with Crippen LogP contribution in [0.4, 0.5) is 0 Å². The van der Waals surface area contributed by atoms with Crippen LogP contribution in [-0.4, -0.2) is 24.1 Å². The van der Waals surface area contributed by atoms with Gasteiger partial charge in [0, 0.05) is 17.0 Å². The van der Waals surface area contributed by atoms with Crippen LogP contribution in [0.3, 0.4) is 0 Å². The maximum Gasteiger partial charge on any atom is 0.251 e. The molecule has 5 heteroatoms. The molecule has 3 aromatic carbocycles. The molecule has 2 N–H and O–H groups in total. The summed E-state index contributed by atoms with van der Waals surface area (Å²) in [5.74, 6) is 0.690. The fourth-order valence-electron chi connectivity index (χ4n) is 3.03. The van der Waals surface area contributed by atoms with Crippen LogP contribution in [0.1, 0.15) is 34.8 Å². The van der Waals surface area contributed by atoms with Gasteiger partial charge in [-0.05, 0) is 42.0 Å². The van der Waals surface area contributed by atoms with E-state index in [9.17, 15) is 9.59 Å². The zero-order valence-corrected chi connectivity index (χ0v) is 17.6. The lowest BCUT2D eigenvalue weighted by molar-refractivity contribution is -0.121. The Bertz CT molecular complexity index is 918. The summed E-state index contributed by atoms with van der Waals surface area (Å²) >= 11 is 1.78. The fraction of sp³-hybridized carbons (Fsp3) is 0.200. The van der Waals surface area contributed by atoms with E-state index in [0.717, 1.165) is 17.7 Å². The van der Waals surface area contributed by atoms with Gasteiger partial charge in [0.15, 0.2) is 0 Å². The average Bonchev–Trinajstić information content (AvgIpc) is 2.80. The van der Waals surface area contributed by atoms with Gasteiger partial charge >= 0.3 is 0 Å². The number of hydrogen-bond acceptors (Lipinski definition) is 3. The van der Waals surface area contributed by atoms with Crippen LogP contribution in [0.25, 0.3) is 0 Å². The third-order valence-electron chi connectivity index (χ3n) is 4.59. The number of nitrogens with one attached hydrogen (secondary N) is 2. The second-order valence-corrected chi connectivity index (χ2v) is 8.04. The highest BCUT2D eigenvalue weighted by Crippen LogP contribution is 2.19. The Balaban J connectivity index is 1.50. The molecule has 2 amide bonds. The van der Waals surface area contributed by atoms with Crippen molar-refractivity contribution in [3.63, 3.8) is 0 Å². The summed E-state index contributed by atoms with van der Waals surface area (Å²) in [6.07, 6.45) is 1.09. The van der Waals surface area contributed by atoms with E-state index in [0.29, 0.717) is 12.1 Å². The first-order valence-electron chi connectivity index (χ1n) is 10.1. The highest BCUT2D eigenvalue weighted by molar-refractivity contribution is 7.99. The monoisotopic (exact) mass is 418 g/mol. The number of benzene rings is 3. The molecule has 0 radical (unpaired) electrons. The summed E-state index contributed by atoms with van der Waals surface area (Å²) in [4.78, 5) is 26.3. The molecule has 0 saturated carbocycles. The standard InChI is InChI=1S/C25H26N2O2S/c28-24(26-17-10-18-30-22-15-8-3-9-16-22)19-23(20-11-4-1-5-12-20)27-25(29)21-13-6-2-7-14-21/h1-9,11-16,23H,10,17-19H2,(H,26,28)(H,27,29). The third-order valence-corrected chi connectivity index (χ3v) is 5.69. The van der Waals surface area contributed by atoms with E-state index in [4.69, 9.17) is 0 Å². The maximum absolute atomic E-state index is 12.6. The lowest BCUT2D eigenvalue weighted by Crippen LogP contribution is -2.34. The van der Waals surface area contributed by atoms with E-state index in [1.807, 2.05) is 66.7 Å². The van der Waals surface area contributed by atoms with E-state index in [1.165, 1.54) is 4.90 Å². The predicted octanol–water partition coefficient (Wildman–Crippen LogP) is 4.85. The minimum Gasteiger partial charge on any atom is -0.356 e. The molecule has 0 spiro atoms. The molecule has 0 heterocycles. The molecule has 1 unspecified atom stereocenters. The summed E-state index contributed by atoms with van der Waals surface area (Å²) in [6, 6.07) is 28.5. The van der Waals surface area contributed by atoms with Gasteiger partial charge in [-0.15, -0.1) is 11.8 Å². The molecule has 0 aliphatic rings. The van der Waals surface area contributed by atoms with Crippen molar-refractivity contribution < 1.29 is 9.59 Å². The lowest BCUT2D eigenvalue weighted by atomic mass is 10.0. The van der Waals surface area contributed by atoms with Crippen LogP contribution in [0.2, 0.25) is 0 Å². The first-order valence-corrected chi connectivity index (χ1v) is 11.1. The molecule has 0 fully saturated rings. The van der Waals surface area contributed by atoms with Crippen molar-refractivity contribution in [3.8, 4) is 0 Å². The molecule has 0 bridgehead atoms. The summed E-state index contributed by atoms with van der Waals surface area (Å²) in [5.41, 5.74) is 1.49. The van der Waals surface area contributed by atoms with Crippen molar-refractivity contribution in [2.24, 2.45) is 0 Å². The highest BCUT2D eigenvalue weighted by Gasteiger charge is 2.19. The van der Waals surface area contributed by atoms with Gasteiger partial charge in [-0.1, -0.05) is 66.7 Å². The summed E-state index contributed by atoms with van der Waals surface area (Å²) in [5, 5.41) is 5.98. The van der Waals surface area contributed by atoms with E-state index < -0.39 is 0 Å². The van der Waals surface area contributed by atoms with E-state index in [2.05, 4.69) is 22.8 Å². The van der Waals surface area contributed by atoms with E-state index >= 15 is 0 Å². The van der Waals surface area contributed by atoms with Gasteiger partial charge in [0.1, 0.15) is 0 Å². The lowest BCUT2D eigenvalue weighted by Gasteiger charge is -2.19. The summed E-state index contributed by atoms with van der Waals surface area (Å²) in [6.45, 7) is 0.618. The van der Waals surface area contributed by atoms with Gasteiger partial charge < -0.3 is 10.6 Å². The van der Waals surface area contributed by atoms with Gasteiger partial charge in [0.2, 0.25) is 5.91 Å². The molecule has 3 aromatic rings. The van der Waals surface area contributed by atoms with Crippen LogP contribution < -0.4 is 10.6 Å². The number of carbonyl (C=O) groups is 2. The zero-order chi connectivity index (χ0) is 21.0. The number of carbonyl (C=O) groups excluding carboxylic acids is 2. The Morgan fingerprint density at radius 2 is 1.40 bits per heavy atom. The van der Waals surface area contributed by atoms with Gasteiger partial charge in [0.25, 0.3) is 5.91 Å². The molecule has 0 aliphatic carbocycles. The Kier molecular flexibility index (Phi) is 8.54. The second kappa shape index (κ2) is 11.8. The quantitative estimate of drug-likeness (QED) is 0.366. The SMILES string of the molecule is O=C(CC(NC(=O)c1ccccc1)c1ccccc1)NCCCSc1ccccc1. The Hall–Kier alpha value is -3.05. The summed E-state index contributed by atoms with van der Waals surface area (Å²) < 4.78 is 0. The minimum atomic E-state index is -0.377. The molecule has 3 rings (SSSR count). The first kappa shape index (κ1) is 21.7. The van der Waals surface area contributed by atoms with E-state index in [1.54, 1.807) is 23.9 Å². The maximum atomic E-state index is 12.6.